The Hall–Kier alpha value is -2.43. The molecule has 144 valence electrons. The lowest BCUT2D eigenvalue weighted by molar-refractivity contribution is 0.0666. The van der Waals surface area contributed by atoms with Crippen LogP contribution >= 0.6 is 0 Å². The van der Waals surface area contributed by atoms with E-state index in [4.69, 9.17) is 4.74 Å². The number of carbonyl (C=O) groups excluding carboxylic acids is 1. The van der Waals surface area contributed by atoms with E-state index in [1.165, 1.54) is 18.3 Å². The van der Waals surface area contributed by atoms with Crippen molar-refractivity contribution in [3.8, 4) is 5.75 Å². The summed E-state index contributed by atoms with van der Waals surface area (Å²) in [6, 6.07) is 8.26. The summed E-state index contributed by atoms with van der Waals surface area (Å²) in [6.45, 7) is 3.75. The normalized spacial score (nSPS) is 17.0. The zero-order valence-electron chi connectivity index (χ0n) is 16.4. The molecular weight excluding hydrogens is 338 g/mol. The van der Waals surface area contributed by atoms with Crippen LogP contribution in [-0.4, -0.2) is 41.0 Å². The number of amides is 1. The fourth-order valence-electron chi connectivity index (χ4n) is 3.82. The lowest BCUT2D eigenvalue weighted by Crippen LogP contribution is -2.40. The zero-order valence-corrected chi connectivity index (χ0v) is 16.4. The van der Waals surface area contributed by atoms with E-state index in [1.807, 2.05) is 17.0 Å². The molecule has 5 heteroatoms. The van der Waals surface area contributed by atoms with Crippen molar-refractivity contribution in [3.63, 3.8) is 0 Å². The molecular formula is C22H29N3O2. The van der Waals surface area contributed by atoms with Gasteiger partial charge in [-0.2, -0.15) is 0 Å². The SMILES string of the molecule is CCCc1ncncc1C(=O)N1CCC[C@H](CCc2cccc(OC)c2)C1. The van der Waals surface area contributed by atoms with Crippen molar-refractivity contribution >= 4 is 5.91 Å². The molecule has 0 saturated carbocycles. The van der Waals surface area contributed by atoms with E-state index in [9.17, 15) is 4.79 Å². The van der Waals surface area contributed by atoms with Gasteiger partial charge in [-0.1, -0.05) is 25.5 Å². The second-order valence-electron chi connectivity index (χ2n) is 7.28. The number of likely N-dealkylation sites (tertiary alicyclic amines) is 1. The van der Waals surface area contributed by atoms with Crippen LogP contribution in [0.15, 0.2) is 36.8 Å². The third kappa shape index (κ3) is 5.06. The van der Waals surface area contributed by atoms with E-state index >= 15 is 0 Å². The average molecular weight is 367 g/mol. The molecule has 27 heavy (non-hydrogen) atoms. The van der Waals surface area contributed by atoms with Crippen molar-refractivity contribution in [1.29, 1.82) is 0 Å². The number of nitrogens with zero attached hydrogens (tertiary/aromatic N) is 3. The van der Waals surface area contributed by atoms with Crippen LogP contribution in [0.2, 0.25) is 0 Å². The number of hydrogen-bond acceptors (Lipinski definition) is 4. The van der Waals surface area contributed by atoms with Gasteiger partial charge in [-0.3, -0.25) is 4.79 Å². The molecule has 0 spiro atoms. The molecule has 0 aliphatic carbocycles. The van der Waals surface area contributed by atoms with Crippen LogP contribution in [0.25, 0.3) is 0 Å². The van der Waals surface area contributed by atoms with Gasteiger partial charge < -0.3 is 9.64 Å². The predicted octanol–water partition coefficient (Wildman–Crippen LogP) is 3.92. The standard InChI is InChI=1S/C22H29N3O2/c1-3-6-21-20(14-23-16-24-21)22(26)25-12-5-8-18(15-25)11-10-17-7-4-9-19(13-17)27-2/h4,7,9,13-14,16,18H,3,5-6,8,10-12,15H2,1-2H3/t18-/m1/s1. The van der Waals surface area contributed by atoms with Gasteiger partial charge in [0.1, 0.15) is 12.1 Å². The summed E-state index contributed by atoms with van der Waals surface area (Å²) in [5, 5.41) is 0. The number of aryl methyl sites for hydroxylation is 2. The van der Waals surface area contributed by atoms with Gasteiger partial charge in [0.15, 0.2) is 0 Å². The fourth-order valence-corrected chi connectivity index (χ4v) is 3.82. The summed E-state index contributed by atoms with van der Waals surface area (Å²) in [4.78, 5) is 23.4. The fraction of sp³-hybridized carbons (Fsp3) is 0.500. The van der Waals surface area contributed by atoms with Crippen molar-refractivity contribution in [1.82, 2.24) is 14.9 Å². The topological polar surface area (TPSA) is 55.3 Å². The summed E-state index contributed by atoms with van der Waals surface area (Å²) in [7, 11) is 1.70. The van der Waals surface area contributed by atoms with Gasteiger partial charge in [0.25, 0.3) is 5.91 Å². The number of rotatable bonds is 7. The van der Waals surface area contributed by atoms with Crippen molar-refractivity contribution in [2.45, 2.75) is 45.4 Å². The number of benzene rings is 1. The second kappa shape index (κ2) is 9.49. The van der Waals surface area contributed by atoms with E-state index in [0.717, 1.165) is 56.6 Å². The van der Waals surface area contributed by atoms with Gasteiger partial charge in [0.05, 0.1) is 18.4 Å². The highest BCUT2D eigenvalue weighted by molar-refractivity contribution is 5.95. The minimum absolute atomic E-state index is 0.0881. The third-order valence-corrected chi connectivity index (χ3v) is 5.29. The van der Waals surface area contributed by atoms with Crippen LogP contribution in [-0.2, 0) is 12.8 Å². The quantitative estimate of drug-likeness (QED) is 0.744. The van der Waals surface area contributed by atoms with Crippen LogP contribution in [0.5, 0.6) is 5.75 Å². The summed E-state index contributed by atoms with van der Waals surface area (Å²) < 4.78 is 5.31. The lowest BCUT2D eigenvalue weighted by atomic mass is 9.91. The highest BCUT2D eigenvalue weighted by atomic mass is 16.5. The van der Waals surface area contributed by atoms with Crippen LogP contribution in [0.1, 0.15) is 54.2 Å². The molecule has 2 heterocycles. The van der Waals surface area contributed by atoms with E-state index in [0.29, 0.717) is 11.5 Å². The number of carbonyl (C=O) groups is 1. The van der Waals surface area contributed by atoms with Gasteiger partial charge in [-0.25, -0.2) is 9.97 Å². The molecule has 1 aromatic carbocycles. The zero-order chi connectivity index (χ0) is 19.1. The molecule has 1 amide bonds. The van der Waals surface area contributed by atoms with Crippen LogP contribution in [0.3, 0.4) is 0 Å². The molecule has 0 unspecified atom stereocenters. The lowest BCUT2D eigenvalue weighted by Gasteiger charge is -2.33. The monoisotopic (exact) mass is 367 g/mol. The molecule has 1 aliphatic heterocycles. The first-order valence-electron chi connectivity index (χ1n) is 9.92. The first-order chi connectivity index (χ1) is 13.2. The van der Waals surface area contributed by atoms with Gasteiger partial charge in [0, 0.05) is 19.3 Å². The molecule has 2 aromatic rings. The Morgan fingerprint density at radius 2 is 2.22 bits per heavy atom. The first-order valence-corrected chi connectivity index (χ1v) is 9.92. The molecule has 1 fully saturated rings. The van der Waals surface area contributed by atoms with Crippen molar-refractivity contribution in [3.05, 3.63) is 53.6 Å². The van der Waals surface area contributed by atoms with Gasteiger partial charge >= 0.3 is 0 Å². The predicted molar refractivity (Wildman–Crippen MR) is 106 cm³/mol. The Morgan fingerprint density at radius 1 is 1.33 bits per heavy atom. The Kier molecular flexibility index (Phi) is 6.80. The van der Waals surface area contributed by atoms with E-state index in [1.54, 1.807) is 13.3 Å². The molecule has 0 N–H and O–H groups in total. The number of aromatic nitrogens is 2. The highest BCUT2D eigenvalue weighted by Gasteiger charge is 2.26. The van der Waals surface area contributed by atoms with E-state index < -0.39 is 0 Å². The van der Waals surface area contributed by atoms with E-state index in [2.05, 4.69) is 29.0 Å². The van der Waals surface area contributed by atoms with Gasteiger partial charge in [-0.15, -0.1) is 0 Å². The molecule has 3 rings (SSSR count). The van der Waals surface area contributed by atoms with Crippen LogP contribution in [0.4, 0.5) is 0 Å². The maximum Gasteiger partial charge on any atom is 0.257 e. The Morgan fingerprint density at radius 3 is 3.04 bits per heavy atom. The van der Waals surface area contributed by atoms with Crippen molar-refractivity contribution < 1.29 is 9.53 Å². The molecule has 0 radical (unpaired) electrons. The van der Waals surface area contributed by atoms with Crippen LogP contribution < -0.4 is 4.74 Å². The summed E-state index contributed by atoms with van der Waals surface area (Å²) in [5.41, 5.74) is 2.84. The Labute approximate surface area is 161 Å². The van der Waals surface area contributed by atoms with Gasteiger partial charge in [-0.05, 0) is 55.7 Å². The Balaban J connectivity index is 1.61. The van der Waals surface area contributed by atoms with Gasteiger partial charge in [0.2, 0.25) is 0 Å². The number of ether oxygens (including phenoxy) is 1. The maximum absolute atomic E-state index is 13.0. The minimum atomic E-state index is 0.0881. The summed E-state index contributed by atoms with van der Waals surface area (Å²) >= 11 is 0. The van der Waals surface area contributed by atoms with Crippen molar-refractivity contribution in [2.24, 2.45) is 5.92 Å². The largest absolute Gasteiger partial charge is 0.497 e. The highest BCUT2D eigenvalue weighted by Crippen LogP contribution is 2.24. The minimum Gasteiger partial charge on any atom is -0.497 e. The third-order valence-electron chi connectivity index (χ3n) is 5.29. The molecule has 1 saturated heterocycles. The van der Waals surface area contributed by atoms with E-state index in [-0.39, 0.29) is 5.91 Å². The van der Waals surface area contributed by atoms with Crippen LogP contribution in [0, 0.1) is 5.92 Å². The number of piperidine rings is 1. The molecule has 1 aliphatic rings. The molecule has 1 aromatic heterocycles. The molecule has 5 nitrogen and oxygen atoms in total. The van der Waals surface area contributed by atoms with Crippen molar-refractivity contribution in [2.75, 3.05) is 20.2 Å². The maximum atomic E-state index is 13.0. The Bertz CT molecular complexity index is 763. The average Bonchev–Trinajstić information content (AvgIpc) is 2.73. The number of methoxy groups -OCH3 is 1. The molecule has 0 bridgehead atoms. The smallest absolute Gasteiger partial charge is 0.257 e. The first kappa shape index (κ1) is 19.3. The summed E-state index contributed by atoms with van der Waals surface area (Å²) in [5.74, 6) is 1.53. The summed E-state index contributed by atoms with van der Waals surface area (Å²) in [6.07, 6.45) is 9.35. The molecule has 1 atom stereocenters. The second-order valence-corrected chi connectivity index (χ2v) is 7.28. The number of hydrogen-bond donors (Lipinski definition) is 0.